The van der Waals surface area contributed by atoms with Crippen LogP contribution in [0.5, 0.6) is 0 Å². The third-order valence-electron chi connectivity index (χ3n) is 1.24. The summed E-state index contributed by atoms with van der Waals surface area (Å²) in [6, 6.07) is 0. The monoisotopic (exact) mass is 300 g/mol. The van der Waals surface area contributed by atoms with Crippen molar-refractivity contribution < 1.29 is 20.1 Å². The van der Waals surface area contributed by atoms with Gasteiger partial charge in [-0.3, -0.25) is 0 Å². The van der Waals surface area contributed by atoms with E-state index in [9.17, 15) is 0 Å². The smallest absolute Gasteiger partial charge is 0 e. The molecular formula is C8H11Ir-. The molecule has 0 saturated heterocycles. The van der Waals surface area contributed by atoms with Crippen LogP contribution in [0.1, 0.15) is 19.3 Å². The Morgan fingerprint density at radius 1 is 1.22 bits per heavy atom. The van der Waals surface area contributed by atoms with Crippen molar-refractivity contribution in [2.45, 2.75) is 19.3 Å². The Morgan fingerprint density at radius 3 is 3.00 bits per heavy atom. The second-order valence-electron chi connectivity index (χ2n) is 1.98. The van der Waals surface area contributed by atoms with E-state index in [2.05, 4.69) is 30.7 Å². The van der Waals surface area contributed by atoms with Gasteiger partial charge in [-0.15, -0.1) is 18.6 Å². The van der Waals surface area contributed by atoms with Crippen LogP contribution in [0, 0.1) is 6.42 Å². The van der Waals surface area contributed by atoms with Gasteiger partial charge in [0.15, 0.2) is 0 Å². The van der Waals surface area contributed by atoms with Crippen LogP contribution in [0.15, 0.2) is 24.3 Å². The van der Waals surface area contributed by atoms with Crippen molar-refractivity contribution in [1.29, 1.82) is 0 Å². The fourth-order valence-electron chi connectivity index (χ4n) is 0.767. The third kappa shape index (κ3) is 4.50. The molecule has 0 aromatic rings. The molecule has 0 heterocycles. The predicted molar refractivity (Wildman–Crippen MR) is 36.4 cm³/mol. The summed E-state index contributed by atoms with van der Waals surface area (Å²) in [5.74, 6) is 0. The van der Waals surface area contributed by atoms with Crippen LogP contribution in [0.2, 0.25) is 0 Å². The van der Waals surface area contributed by atoms with E-state index >= 15 is 0 Å². The quantitative estimate of drug-likeness (QED) is 0.603. The van der Waals surface area contributed by atoms with Crippen LogP contribution in [0.3, 0.4) is 0 Å². The van der Waals surface area contributed by atoms with Crippen molar-refractivity contribution in [3.8, 4) is 0 Å². The summed E-state index contributed by atoms with van der Waals surface area (Å²) in [6.45, 7) is 0. The molecule has 1 radical (unpaired) electrons. The van der Waals surface area contributed by atoms with E-state index in [1.807, 2.05) is 0 Å². The van der Waals surface area contributed by atoms with Gasteiger partial charge in [0.05, 0.1) is 0 Å². The van der Waals surface area contributed by atoms with Crippen molar-refractivity contribution >= 4 is 0 Å². The van der Waals surface area contributed by atoms with Crippen LogP contribution in [0.4, 0.5) is 0 Å². The van der Waals surface area contributed by atoms with Crippen molar-refractivity contribution in [3.63, 3.8) is 0 Å². The molecule has 0 bridgehead atoms. The van der Waals surface area contributed by atoms with E-state index in [0.29, 0.717) is 0 Å². The molecule has 1 aliphatic carbocycles. The standard InChI is InChI=1S/C8H11.Ir/c1-2-4-6-8-7-5-3-1;/h1-5H,6-8H2;/q-1;/b2-1-,5-3-;. The normalized spacial score (nSPS) is 24.0. The van der Waals surface area contributed by atoms with Gasteiger partial charge in [0.25, 0.3) is 0 Å². The molecule has 0 saturated carbocycles. The summed E-state index contributed by atoms with van der Waals surface area (Å²) in [6.07, 6.45) is 14.5. The Labute approximate surface area is 70.4 Å². The molecule has 53 valence electrons. The number of rotatable bonds is 0. The van der Waals surface area contributed by atoms with Crippen LogP contribution >= 0.6 is 0 Å². The van der Waals surface area contributed by atoms with Crippen LogP contribution in [0.25, 0.3) is 0 Å². The van der Waals surface area contributed by atoms with Gasteiger partial charge >= 0.3 is 0 Å². The van der Waals surface area contributed by atoms with E-state index in [4.69, 9.17) is 0 Å². The first-order valence-electron chi connectivity index (χ1n) is 3.15. The molecule has 0 unspecified atom stereocenters. The van der Waals surface area contributed by atoms with Gasteiger partial charge in [0.2, 0.25) is 0 Å². The second kappa shape index (κ2) is 6.12. The molecule has 0 fully saturated rings. The maximum Gasteiger partial charge on any atom is 0 e. The average molecular weight is 299 g/mol. The van der Waals surface area contributed by atoms with Crippen molar-refractivity contribution in [2.24, 2.45) is 0 Å². The van der Waals surface area contributed by atoms with E-state index in [0.717, 1.165) is 0 Å². The first-order valence-corrected chi connectivity index (χ1v) is 3.15. The molecule has 1 aliphatic rings. The number of hydrogen-bond donors (Lipinski definition) is 0. The Bertz CT molecular complexity index is 89.1. The maximum absolute atomic E-state index is 2.21. The first kappa shape index (κ1) is 9.00. The minimum atomic E-state index is 0. The molecule has 0 amide bonds. The molecule has 0 aromatic heterocycles. The SMILES string of the molecule is C1=C\[CH-]CCC\C=C/1.[Ir]. The summed E-state index contributed by atoms with van der Waals surface area (Å²) in [5.41, 5.74) is 0. The summed E-state index contributed by atoms with van der Waals surface area (Å²) >= 11 is 0. The number of hydrogen-bond acceptors (Lipinski definition) is 0. The van der Waals surface area contributed by atoms with Gasteiger partial charge in [-0.25, -0.2) is 18.6 Å². The Morgan fingerprint density at radius 2 is 2.11 bits per heavy atom. The zero-order chi connectivity index (χ0) is 5.66. The Kier molecular flexibility index (Phi) is 6.12. The molecule has 1 rings (SSSR count). The fourth-order valence-corrected chi connectivity index (χ4v) is 0.767. The molecule has 0 nitrogen and oxygen atoms in total. The Hall–Kier alpha value is -0.000649. The van der Waals surface area contributed by atoms with Crippen LogP contribution in [-0.4, -0.2) is 0 Å². The van der Waals surface area contributed by atoms with E-state index in [1.165, 1.54) is 19.3 Å². The zero-order valence-electron chi connectivity index (χ0n) is 5.34. The largest absolute Gasteiger partial charge is 0.230 e. The van der Waals surface area contributed by atoms with Crippen molar-refractivity contribution in [3.05, 3.63) is 30.7 Å². The van der Waals surface area contributed by atoms with Gasteiger partial charge in [-0.1, -0.05) is 6.42 Å². The molecular weight excluding hydrogens is 288 g/mol. The average Bonchev–Trinajstić information content (AvgIpc) is 1.62. The molecule has 0 aliphatic heterocycles. The minimum Gasteiger partial charge on any atom is -0.230 e. The molecule has 1 heteroatoms. The molecule has 0 aromatic carbocycles. The second-order valence-corrected chi connectivity index (χ2v) is 1.98. The van der Waals surface area contributed by atoms with Gasteiger partial charge in [0.1, 0.15) is 0 Å². The zero-order valence-corrected chi connectivity index (χ0v) is 7.74. The molecule has 0 spiro atoms. The van der Waals surface area contributed by atoms with Gasteiger partial charge in [0, 0.05) is 20.1 Å². The first-order chi connectivity index (χ1) is 4.00. The Balaban J connectivity index is 0.000000640. The van der Waals surface area contributed by atoms with Crippen molar-refractivity contribution in [2.75, 3.05) is 0 Å². The minimum absolute atomic E-state index is 0. The van der Waals surface area contributed by atoms with E-state index in [1.54, 1.807) is 0 Å². The topological polar surface area (TPSA) is 0 Å². The van der Waals surface area contributed by atoms with Crippen LogP contribution in [-0.2, 0) is 20.1 Å². The summed E-state index contributed by atoms with van der Waals surface area (Å²) in [4.78, 5) is 0. The van der Waals surface area contributed by atoms with E-state index in [-0.39, 0.29) is 20.1 Å². The maximum atomic E-state index is 2.21. The summed E-state index contributed by atoms with van der Waals surface area (Å²) < 4.78 is 0. The number of allylic oxidation sites excluding steroid dienone is 4. The van der Waals surface area contributed by atoms with E-state index < -0.39 is 0 Å². The molecule has 0 atom stereocenters. The summed E-state index contributed by atoms with van der Waals surface area (Å²) in [5, 5.41) is 0. The third-order valence-corrected chi connectivity index (χ3v) is 1.24. The van der Waals surface area contributed by atoms with Crippen LogP contribution < -0.4 is 0 Å². The fraction of sp³-hybridized carbons (Fsp3) is 0.375. The summed E-state index contributed by atoms with van der Waals surface area (Å²) in [7, 11) is 0. The predicted octanol–water partition coefficient (Wildman–Crippen LogP) is 2.48. The molecule has 0 N–H and O–H groups in total. The van der Waals surface area contributed by atoms with Gasteiger partial charge in [-0.2, -0.15) is 0 Å². The molecule has 9 heavy (non-hydrogen) atoms. The van der Waals surface area contributed by atoms with Gasteiger partial charge in [-0.05, 0) is 6.42 Å². The van der Waals surface area contributed by atoms with Gasteiger partial charge < -0.3 is 0 Å². The van der Waals surface area contributed by atoms with Crippen molar-refractivity contribution in [1.82, 2.24) is 0 Å².